The third-order valence-electron chi connectivity index (χ3n) is 3.18. The van der Waals surface area contributed by atoms with Gasteiger partial charge in [0.15, 0.2) is 0 Å². The van der Waals surface area contributed by atoms with Crippen LogP contribution in [0.4, 0.5) is 17.2 Å². The van der Waals surface area contributed by atoms with E-state index in [0.717, 1.165) is 5.69 Å². The third-order valence-corrected chi connectivity index (χ3v) is 4.65. The topological polar surface area (TPSA) is 89.6 Å². The molecule has 0 saturated heterocycles. The molecule has 0 saturated carbocycles. The number of anilines is 3. The lowest BCUT2D eigenvalue weighted by Gasteiger charge is -2.13. The van der Waals surface area contributed by atoms with Gasteiger partial charge in [0, 0.05) is 6.07 Å². The number of hydrogen-bond acceptors (Lipinski definition) is 6. The zero-order valence-electron chi connectivity index (χ0n) is 13.9. The second-order valence-corrected chi connectivity index (χ2v) is 6.89. The van der Waals surface area contributed by atoms with Crippen LogP contribution in [0.15, 0.2) is 36.5 Å². The lowest BCUT2D eigenvalue weighted by atomic mass is 10.2. The quantitative estimate of drug-likeness (QED) is 0.760. The second kappa shape index (κ2) is 7.87. The average Bonchev–Trinajstić information content (AvgIpc) is 2.56. The Kier molecular flexibility index (Phi) is 5.86. The third kappa shape index (κ3) is 4.76. The van der Waals surface area contributed by atoms with Gasteiger partial charge in [0.25, 0.3) is 0 Å². The van der Waals surface area contributed by atoms with Gasteiger partial charge in [-0.15, -0.1) is 0 Å². The van der Waals surface area contributed by atoms with E-state index in [0.29, 0.717) is 23.6 Å². The number of aromatic nitrogens is 1. The summed E-state index contributed by atoms with van der Waals surface area (Å²) in [5, 5.41) is 3.17. The number of ether oxygens (including phenoxy) is 2. The first-order valence-corrected chi connectivity index (χ1v) is 9.08. The minimum atomic E-state index is -3.34. The van der Waals surface area contributed by atoms with Crippen LogP contribution in [-0.4, -0.2) is 33.4 Å². The molecule has 0 bridgehead atoms. The Morgan fingerprint density at radius 1 is 1.12 bits per heavy atom. The molecule has 0 unspecified atom stereocenters. The Hall–Kier alpha value is -2.48. The molecule has 0 aliphatic rings. The van der Waals surface area contributed by atoms with Gasteiger partial charge < -0.3 is 14.8 Å². The molecular weight excluding hydrogens is 330 g/mol. The van der Waals surface area contributed by atoms with Crippen LogP contribution in [-0.2, 0) is 10.0 Å². The van der Waals surface area contributed by atoms with Crippen molar-refractivity contribution in [3.63, 3.8) is 0 Å². The van der Waals surface area contributed by atoms with Crippen molar-refractivity contribution < 1.29 is 17.9 Å². The fraction of sp³-hybridized carbons (Fsp3) is 0.312. The molecule has 7 nitrogen and oxygen atoms in total. The molecule has 2 rings (SSSR count). The number of hydrogen-bond donors (Lipinski definition) is 2. The SMILES string of the molecule is CCCS(=O)(=O)Nc1ccc(Nc2ccc(OC)cc2OC)cn1. The van der Waals surface area contributed by atoms with Crippen molar-refractivity contribution in [2.24, 2.45) is 0 Å². The van der Waals surface area contributed by atoms with Crippen LogP contribution in [0, 0.1) is 0 Å². The summed E-state index contributed by atoms with van der Waals surface area (Å²) in [5.41, 5.74) is 1.45. The summed E-state index contributed by atoms with van der Waals surface area (Å²) in [6.07, 6.45) is 2.10. The molecule has 0 atom stereocenters. The highest BCUT2D eigenvalue weighted by Gasteiger charge is 2.10. The van der Waals surface area contributed by atoms with Crippen LogP contribution in [0.5, 0.6) is 11.5 Å². The molecule has 130 valence electrons. The molecule has 0 aliphatic heterocycles. The Balaban J connectivity index is 2.12. The van der Waals surface area contributed by atoms with Crippen molar-refractivity contribution in [1.82, 2.24) is 4.98 Å². The van der Waals surface area contributed by atoms with E-state index in [2.05, 4.69) is 15.0 Å². The maximum Gasteiger partial charge on any atom is 0.233 e. The zero-order chi connectivity index (χ0) is 17.6. The summed E-state index contributed by atoms with van der Waals surface area (Å²) in [6.45, 7) is 1.81. The molecule has 24 heavy (non-hydrogen) atoms. The van der Waals surface area contributed by atoms with Crippen LogP contribution < -0.4 is 19.5 Å². The number of nitrogens with one attached hydrogen (secondary N) is 2. The molecule has 2 N–H and O–H groups in total. The van der Waals surface area contributed by atoms with E-state index in [4.69, 9.17) is 9.47 Å². The van der Waals surface area contributed by atoms with Gasteiger partial charge in [0.2, 0.25) is 10.0 Å². The van der Waals surface area contributed by atoms with Gasteiger partial charge in [-0.05, 0) is 30.7 Å². The van der Waals surface area contributed by atoms with Crippen LogP contribution in [0.1, 0.15) is 13.3 Å². The monoisotopic (exact) mass is 351 g/mol. The molecule has 1 aromatic carbocycles. The number of benzene rings is 1. The van der Waals surface area contributed by atoms with E-state index >= 15 is 0 Å². The fourth-order valence-corrected chi connectivity index (χ4v) is 3.14. The maximum atomic E-state index is 11.7. The lowest BCUT2D eigenvalue weighted by molar-refractivity contribution is 0.395. The summed E-state index contributed by atoms with van der Waals surface area (Å²) in [5.74, 6) is 1.67. The summed E-state index contributed by atoms with van der Waals surface area (Å²) >= 11 is 0. The normalized spacial score (nSPS) is 11.0. The Bertz CT molecular complexity index is 776. The fourth-order valence-electron chi connectivity index (χ4n) is 2.06. The second-order valence-electron chi connectivity index (χ2n) is 5.04. The number of sulfonamides is 1. The smallest absolute Gasteiger partial charge is 0.233 e. The minimum absolute atomic E-state index is 0.0672. The van der Waals surface area contributed by atoms with Crippen LogP contribution in [0.2, 0.25) is 0 Å². The summed E-state index contributed by atoms with van der Waals surface area (Å²) in [4.78, 5) is 4.11. The van der Waals surface area contributed by atoms with E-state index in [1.165, 1.54) is 0 Å². The van der Waals surface area contributed by atoms with Crippen molar-refractivity contribution >= 4 is 27.2 Å². The van der Waals surface area contributed by atoms with E-state index in [1.807, 2.05) is 19.1 Å². The lowest BCUT2D eigenvalue weighted by Crippen LogP contribution is -2.16. The predicted molar refractivity (Wildman–Crippen MR) is 94.8 cm³/mol. The Morgan fingerprint density at radius 2 is 1.92 bits per heavy atom. The van der Waals surface area contributed by atoms with Gasteiger partial charge in [-0.1, -0.05) is 6.92 Å². The Labute approximate surface area is 142 Å². The number of nitrogens with zero attached hydrogens (tertiary/aromatic N) is 1. The summed E-state index contributed by atoms with van der Waals surface area (Å²) in [7, 11) is -0.181. The summed E-state index contributed by atoms with van der Waals surface area (Å²) in [6, 6.07) is 8.75. The highest BCUT2D eigenvalue weighted by molar-refractivity contribution is 7.92. The van der Waals surface area contributed by atoms with E-state index in [1.54, 1.807) is 38.6 Å². The Morgan fingerprint density at radius 3 is 2.50 bits per heavy atom. The molecule has 0 fully saturated rings. The van der Waals surface area contributed by atoms with Crippen molar-refractivity contribution in [3.05, 3.63) is 36.5 Å². The predicted octanol–water partition coefficient (Wildman–Crippen LogP) is 2.99. The number of rotatable bonds is 8. The molecule has 0 radical (unpaired) electrons. The van der Waals surface area contributed by atoms with Gasteiger partial charge in [-0.2, -0.15) is 0 Å². The van der Waals surface area contributed by atoms with Crippen molar-refractivity contribution in [3.8, 4) is 11.5 Å². The standard InChI is InChI=1S/C16H21N3O4S/c1-4-9-24(20,21)19-16-8-5-12(11-17-16)18-14-7-6-13(22-2)10-15(14)23-3/h5-8,10-11,18H,4,9H2,1-3H3,(H,17,19). The van der Waals surface area contributed by atoms with Gasteiger partial charge in [0.05, 0.1) is 37.5 Å². The van der Waals surface area contributed by atoms with Gasteiger partial charge in [-0.25, -0.2) is 13.4 Å². The van der Waals surface area contributed by atoms with E-state index in [9.17, 15) is 8.42 Å². The van der Waals surface area contributed by atoms with Gasteiger partial charge in [-0.3, -0.25) is 4.72 Å². The molecule has 2 aromatic rings. The van der Waals surface area contributed by atoms with Crippen LogP contribution >= 0.6 is 0 Å². The van der Waals surface area contributed by atoms with Crippen LogP contribution in [0.25, 0.3) is 0 Å². The first-order chi connectivity index (χ1) is 11.5. The molecule has 1 heterocycles. The minimum Gasteiger partial charge on any atom is -0.497 e. The number of pyridine rings is 1. The summed E-state index contributed by atoms with van der Waals surface area (Å²) < 4.78 is 36.4. The van der Waals surface area contributed by atoms with Crippen LogP contribution in [0.3, 0.4) is 0 Å². The first-order valence-electron chi connectivity index (χ1n) is 7.43. The molecule has 0 amide bonds. The van der Waals surface area contributed by atoms with Gasteiger partial charge in [0.1, 0.15) is 17.3 Å². The molecule has 0 spiro atoms. The maximum absolute atomic E-state index is 11.7. The average molecular weight is 351 g/mol. The molecule has 1 aromatic heterocycles. The zero-order valence-corrected chi connectivity index (χ0v) is 14.7. The van der Waals surface area contributed by atoms with E-state index < -0.39 is 10.0 Å². The molecular formula is C16H21N3O4S. The highest BCUT2D eigenvalue weighted by atomic mass is 32.2. The van der Waals surface area contributed by atoms with E-state index in [-0.39, 0.29) is 11.6 Å². The first kappa shape index (κ1) is 17.9. The van der Waals surface area contributed by atoms with Crippen molar-refractivity contribution in [1.29, 1.82) is 0 Å². The van der Waals surface area contributed by atoms with Gasteiger partial charge >= 0.3 is 0 Å². The highest BCUT2D eigenvalue weighted by Crippen LogP contribution is 2.31. The van der Waals surface area contributed by atoms with Crippen molar-refractivity contribution in [2.45, 2.75) is 13.3 Å². The van der Waals surface area contributed by atoms with Crippen molar-refractivity contribution in [2.75, 3.05) is 30.0 Å². The molecule has 8 heteroatoms. The molecule has 0 aliphatic carbocycles. The largest absolute Gasteiger partial charge is 0.497 e. The number of methoxy groups -OCH3 is 2.